The number of nitrogens with zero attached hydrogens (tertiary/aromatic N) is 2. The Morgan fingerprint density at radius 2 is 1.90 bits per heavy atom. The minimum Gasteiger partial charge on any atom is -0.369 e. The number of fused-ring (bicyclic) bond motifs is 2. The second-order valence-electron chi connectivity index (χ2n) is 12.5. The molecule has 0 aromatic rings. The number of rotatable bonds is 8. The summed E-state index contributed by atoms with van der Waals surface area (Å²) >= 11 is 1.32. The van der Waals surface area contributed by atoms with Crippen LogP contribution in [-0.4, -0.2) is 94.6 Å². The van der Waals surface area contributed by atoms with Crippen LogP contribution in [0, 0.1) is 11.8 Å². The van der Waals surface area contributed by atoms with Gasteiger partial charge < -0.3 is 25.6 Å². The summed E-state index contributed by atoms with van der Waals surface area (Å²) in [6, 6.07) is -2.32. The SMILES string of the molecule is C=CC(C)(C)OC[C@@H]1NC(=O)CN[C@@H]2CCCN2C(=O)[C@H]([C@@H](C)CC)NC(=O)[C@@]2(N)CSC(=N2)[C@H](CC(C)C)NC1=O. The van der Waals surface area contributed by atoms with E-state index in [1.807, 2.05) is 41.5 Å². The molecule has 0 aromatic carbocycles. The lowest BCUT2D eigenvalue weighted by atomic mass is 9.97. The van der Waals surface area contributed by atoms with Crippen molar-refractivity contribution in [2.24, 2.45) is 22.6 Å². The molecule has 12 nitrogen and oxygen atoms in total. The molecule has 42 heavy (non-hydrogen) atoms. The highest BCUT2D eigenvalue weighted by atomic mass is 32.2. The Morgan fingerprint density at radius 1 is 1.19 bits per heavy atom. The molecular formula is C29H49N7O5S. The van der Waals surface area contributed by atoms with E-state index in [0.29, 0.717) is 30.9 Å². The number of ether oxygens (including phenoxy) is 1. The number of aliphatic imine (C=N–C) groups is 1. The highest BCUT2D eigenvalue weighted by molar-refractivity contribution is 8.14. The van der Waals surface area contributed by atoms with Crippen molar-refractivity contribution >= 4 is 40.4 Å². The highest BCUT2D eigenvalue weighted by Crippen LogP contribution is 2.29. The number of nitrogens with one attached hydrogen (secondary N) is 4. The minimum absolute atomic E-state index is 0.0849. The van der Waals surface area contributed by atoms with Crippen molar-refractivity contribution in [2.45, 2.75) is 103 Å². The third-order valence-electron chi connectivity index (χ3n) is 8.03. The van der Waals surface area contributed by atoms with Gasteiger partial charge in [-0.2, -0.15) is 0 Å². The number of nitrogens with two attached hydrogens (primary N) is 1. The molecule has 0 aromatic heterocycles. The van der Waals surface area contributed by atoms with Crippen LogP contribution in [0.1, 0.15) is 67.2 Å². The van der Waals surface area contributed by atoms with E-state index in [-0.39, 0.29) is 42.8 Å². The van der Waals surface area contributed by atoms with Crippen LogP contribution in [0.5, 0.6) is 0 Å². The Bertz CT molecular complexity index is 1070. The molecule has 0 radical (unpaired) electrons. The summed E-state index contributed by atoms with van der Waals surface area (Å²) in [5.41, 5.74) is 4.25. The molecule has 13 heteroatoms. The van der Waals surface area contributed by atoms with Crippen molar-refractivity contribution in [2.75, 3.05) is 25.4 Å². The maximum Gasteiger partial charge on any atom is 0.264 e. The molecule has 1 fully saturated rings. The second-order valence-corrected chi connectivity index (χ2v) is 13.5. The summed E-state index contributed by atoms with van der Waals surface area (Å²) in [5.74, 6) is -1.38. The highest BCUT2D eigenvalue weighted by Gasteiger charge is 2.45. The number of carbonyl (C=O) groups excluding carboxylic acids is 4. The number of hydrogen-bond donors (Lipinski definition) is 5. The number of hydrogen-bond acceptors (Lipinski definition) is 9. The number of amides is 4. The van der Waals surface area contributed by atoms with Crippen molar-refractivity contribution < 1.29 is 23.9 Å². The normalized spacial score (nSPS) is 30.7. The standard InChI is InChI=1S/C29H49N7O5S/c1-8-18(5)23-26(39)36-12-10-11-21(36)31-14-22(37)32-20(15-41-28(6,7)9-2)24(38)33-19(13-17(3)4)25-35-29(30,16-42-25)27(40)34-23/h9,17-21,23,31H,2,8,10-16,30H2,1,3-7H3,(H,32,37)(H,33,38)(H,34,40)/t18-,19-,20-,21-,23-,29+/m0/s1. The largest absolute Gasteiger partial charge is 0.369 e. The zero-order valence-electron chi connectivity index (χ0n) is 25.8. The van der Waals surface area contributed by atoms with E-state index in [4.69, 9.17) is 10.5 Å². The summed E-state index contributed by atoms with van der Waals surface area (Å²) in [4.78, 5) is 60.4. The molecule has 6 N–H and O–H groups in total. The van der Waals surface area contributed by atoms with Gasteiger partial charge in [0.05, 0.1) is 36.0 Å². The van der Waals surface area contributed by atoms with Crippen LogP contribution in [0.3, 0.4) is 0 Å². The maximum atomic E-state index is 13.8. The summed E-state index contributed by atoms with van der Waals surface area (Å²) < 4.78 is 5.92. The van der Waals surface area contributed by atoms with E-state index < -0.39 is 47.1 Å². The van der Waals surface area contributed by atoms with E-state index in [2.05, 4.69) is 32.8 Å². The fourth-order valence-electron chi connectivity index (χ4n) is 5.07. The Labute approximate surface area is 253 Å². The predicted molar refractivity (Wildman–Crippen MR) is 164 cm³/mol. The van der Waals surface area contributed by atoms with Crippen LogP contribution in [0.15, 0.2) is 17.6 Å². The van der Waals surface area contributed by atoms with Gasteiger partial charge in [-0.3, -0.25) is 30.2 Å². The predicted octanol–water partition coefficient (Wildman–Crippen LogP) is 0.866. The van der Waals surface area contributed by atoms with Crippen molar-refractivity contribution in [1.29, 1.82) is 0 Å². The van der Waals surface area contributed by atoms with Gasteiger partial charge in [-0.1, -0.05) is 40.2 Å². The van der Waals surface area contributed by atoms with Crippen LogP contribution < -0.4 is 27.0 Å². The van der Waals surface area contributed by atoms with Crippen LogP contribution in [0.2, 0.25) is 0 Å². The fraction of sp³-hybridized carbons (Fsp3) is 0.759. The van der Waals surface area contributed by atoms with Gasteiger partial charge >= 0.3 is 0 Å². The van der Waals surface area contributed by atoms with Crippen LogP contribution in [0.4, 0.5) is 0 Å². The molecular weight excluding hydrogens is 558 g/mol. The lowest BCUT2D eigenvalue weighted by Gasteiger charge is -2.33. The van der Waals surface area contributed by atoms with E-state index in [1.165, 1.54) is 11.8 Å². The summed E-state index contributed by atoms with van der Waals surface area (Å²) in [7, 11) is 0. The van der Waals surface area contributed by atoms with Gasteiger partial charge in [0.25, 0.3) is 5.91 Å². The van der Waals surface area contributed by atoms with Gasteiger partial charge in [0.2, 0.25) is 17.7 Å². The van der Waals surface area contributed by atoms with Gasteiger partial charge in [0.1, 0.15) is 12.1 Å². The van der Waals surface area contributed by atoms with Crippen molar-refractivity contribution in [3.05, 3.63) is 12.7 Å². The van der Waals surface area contributed by atoms with Gasteiger partial charge in [-0.05, 0) is 44.9 Å². The van der Waals surface area contributed by atoms with E-state index in [0.717, 1.165) is 6.42 Å². The van der Waals surface area contributed by atoms with E-state index in [9.17, 15) is 19.2 Å². The van der Waals surface area contributed by atoms with Crippen LogP contribution in [0.25, 0.3) is 0 Å². The third-order valence-corrected chi connectivity index (χ3v) is 9.29. The van der Waals surface area contributed by atoms with E-state index >= 15 is 0 Å². The van der Waals surface area contributed by atoms with E-state index in [1.54, 1.807) is 11.0 Å². The average molecular weight is 608 g/mol. The molecule has 3 rings (SSSR count). The quantitative estimate of drug-likeness (QED) is 0.253. The molecule has 6 atom stereocenters. The first kappa shape index (κ1) is 34.0. The topological polar surface area (TPSA) is 167 Å². The molecule has 0 aliphatic carbocycles. The van der Waals surface area contributed by atoms with Crippen LogP contribution >= 0.6 is 11.8 Å². The zero-order chi connectivity index (χ0) is 31.2. The molecule has 1 saturated heterocycles. The van der Waals surface area contributed by atoms with Crippen molar-refractivity contribution in [3.63, 3.8) is 0 Å². The van der Waals surface area contributed by atoms with Crippen molar-refractivity contribution in [1.82, 2.24) is 26.2 Å². The first-order chi connectivity index (χ1) is 19.7. The maximum absolute atomic E-state index is 13.8. The second kappa shape index (κ2) is 14.3. The summed E-state index contributed by atoms with van der Waals surface area (Å²) in [6.45, 7) is 15.6. The minimum atomic E-state index is -1.59. The zero-order valence-corrected chi connectivity index (χ0v) is 26.6. The Morgan fingerprint density at radius 3 is 2.55 bits per heavy atom. The van der Waals surface area contributed by atoms with Gasteiger partial charge in [0.15, 0.2) is 5.66 Å². The molecule has 3 aliphatic rings. The Hall–Kier alpha value is -2.48. The Kier molecular flexibility index (Phi) is 11.6. The Balaban J connectivity index is 1.99. The molecule has 0 unspecified atom stereocenters. The number of thioether (sulfide) groups is 1. The molecule has 2 bridgehead atoms. The molecule has 0 spiro atoms. The molecule has 4 amide bonds. The van der Waals surface area contributed by atoms with Gasteiger partial charge in [-0.15, -0.1) is 18.3 Å². The lowest BCUT2D eigenvalue weighted by molar-refractivity contribution is -0.140. The summed E-state index contributed by atoms with van der Waals surface area (Å²) in [6.07, 6.45) is 3.86. The first-order valence-corrected chi connectivity index (χ1v) is 15.9. The average Bonchev–Trinajstić information content (AvgIpc) is 3.58. The number of carbonyl (C=O) groups is 4. The van der Waals surface area contributed by atoms with Crippen LogP contribution in [-0.2, 0) is 23.9 Å². The molecule has 3 heterocycles. The van der Waals surface area contributed by atoms with Crippen molar-refractivity contribution in [3.8, 4) is 0 Å². The molecule has 3 aliphatic heterocycles. The smallest absolute Gasteiger partial charge is 0.264 e. The fourth-order valence-corrected chi connectivity index (χ4v) is 6.22. The van der Waals surface area contributed by atoms with Gasteiger partial charge in [-0.25, -0.2) is 4.99 Å². The first-order valence-electron chi connectivity index (χ1n) is 14.9. The third kappa shape index (κ3) is 8.55. The summed E-state index contributed by atoms with van der Waals surface area (Å²) in [5, 5.41) is 12.4. The lowest BCUT2D eigenvalue weighted by Crippen LogP contribution is -2.61. The van der Waals surface area contributed by atoms with Gasteiger partial charge in [0, 0.05) is 12.3 Å². The monoisotopic (exact) mass is 607 g/mol. The molecule has 0 saturated carbocycles. The molecule has 236 valence electrons.